The largest absolute Gasteiger partial charge is 0.348 e. The number of carbonyl (C=O) groups excluding carboxylic acids is 1. The molecule has 1 amide bonds. The van der Waals surface area contributed by atoms with Gasteiger partial charge in [0.15, 0.2) is 0 Å². The molecule has 27 heavy (non-hydrogen) atoms. The molecule has 1 saturated heterocycles. The molecule has 0 radical (unpaired) electrons. The number of nitrogens with zero attached hydrogens (tertiary/aromatic N) is 3. The topological polar surface area (TPSA) is 84.3 Å². The minimum atomic E-state index is -3.26. The van der Waals surface area contributed by atoms with Gasteiger partial charge in [0.2, 0.25) is 15.9 Å². The summed E-state index contributed by atoms with van der Waals surface area (Å²) in [6.45, 7) is 1.05. The lowest BCUT2D eigenvalue weighted by Gasteiger charge is -2.25. The van der Waals surface area contributed by atoms with Gasteiger partial charge in [-0.1, -0.05) is 30.3 Å². The average molecular weight is 388 g/mol. The van der Waals surface area contributed by atoms with Crippen LogP contribution in [0.2, 0.25) is 0 Å². The van der Waals surface area contributed by atoms with E-state index in [4.69, 9.17) is 0 Å². The molecule has 0 bridgehead atoms. The van der Waals surface area contributed by atoms with Gasteiger partial charge in [-0.2, -0.15) is 9.40 Å². The van der Waals surface area contributed by atoms with E-state index >= 15 is 0 Å². The highest BCUT2D eigenvalue weighted by Crippen LogP contribution is 2.30. The zero-order chi connectivity index (χ0) is 18.9. The Morgan fingerprint density at radius 3 is 2.78 bits per heavy atom. The molecule has 1 atom stereocenters. The number of rotatable bonds is 5. The van der Waals surface area contributed by atoms with E-state index in [9.17, 15) is 13.2 Å². The van der Waals surface area contributed by atoms with Crippen LogP contribution in [0.4, 0.5) is 0 Å². The summed E-state index contributed by atoms with van der Waals surface area (Å²) in [4.78, 5) is 12.4. The molecule has 2 aliphatic rings. The predicted octanol–water partition coefficient (Wildman–Crippen LogP) is 1.46. The van der Waals surface area contributed by atoms with Crippen molar-refractivity contribution in [2.75, 3.05) is 18.8 Å². The number of nitrogens with one attached hydrogen (secondary N) is 1. The van der Waals surface area contributed by atoms with Crippen LogP contribution in [0.1, 0.15) is 42.1 Å². The Balaban J connectivity index is 1.45. The minimum absolute atomic E-state index is 0.0910. The molecule has 1 aliphatic heterocycles. The van der Waals surface area contributed by atoms with E-state index in [1.54, 1.807) is 0 Å². The Morgan fingerprint density at radius 1 is 1.22 bits per heavy atom. The van der Waals surface area contributed by atoms with Gasteiger partial charge in [-0.15, -0.1) is 0 Å². The second-order valence-corrected chi connectivity index (χ2v) is 9.29. The van der Waals surface area contributed by atoms with Gasteiger partial charge in [0.25, 0.3) is 0 Å². The van der Waals surface area contributed by atoms with Gasteiger partial charge in [-0.3, -0.25) is 9.48 Å². The molecule has 1 fully saturated rings. The molecule has 1 aromatic carbocycles. The Hall–Kier alpha value is -2.19. The predicted molar refractivity (Wildman–Crippen MR) is 102 cm³/mol. The van der Waals surface area contributed by atoms with E-state index in [-0.39, 0.29) is 24.2 Å². The lowest BCUT2D eigenvalue weighted by Crippen LogP contribution is -2.40. The molecule has 4 rings (SSSR count). The molecular weight excluding hydrogens is 364 g/mol. The number of benzene rings is 1. The highest BCUT2D eigenvalue weighted by Gasteiger charge is 2.31. The van der Waals surface area contributed by atoms with Crippen molar-refractivity contribution in [1.29, 1.82) is 0 Å². The summed E-state index contributed by atoms with van der Waals surface area (Å²) in [5.74, 6) is -0.103. The van der Waals surface area contributed by atoms with Crippen LogP contribution >= 0.6 is 0 Å². The fourth-order valence-corrected chi connectivity index (χ4v) is 5.40. The Bertz CT molecular complexity index is 924. The Morgan fingerprint density at radius 2 is 2.04 bits per heavy atom. The third-order valence-corrected chi connectivity index (χ3v) is 7.20. The first-order valence-electron chi connectivity index (χ1n) is 9.38. The number of amides is 1. The van der Waals surface area contributed by atoms with Crippen LogP contribution in [0, 0.1) is 0 Å². The number of hydrogen-bond donors (Lipinski definition) is 1. The molecule has 1 N–H and O–H groups in total. The summed E-state index contributed by atoms with van der Waals surface area (Å²) in [5.41, 5.74) is 3.40. The zero-order valence-corrected chi connectivity index (χ0v) is 16.0. The van der Waals surface area contributed by atoms with Gasteiger partial charge >= 0.3 is 0 Å². The second-order valence-electron chi connectivity index (χ2n) is 7.21. The highest BCUT2D eigenvalue weighted by molar-refractivity contribution is 7.89. The van der Waals surface area contributed by atoms with Crippen molar-refractivity contribution in [3.8, 4) is 0 Å². The molecule has 1 aliphatic carbocycles. The molecule has 1 aromatic heterocycles. The molecule has 2 aromatic rings. The highest BCUT2D eigenvalue weighted by atomic mass is 32.2. The van der Waals surface area contributed by atoms with Crippen molar-refractivity contribution in [2.24, 2.45) is 0 Å². The monoisotopic (exact) mass is 388 g/mol. The van der Waals surface area contributed by atoms with Crippen LogP contribution in [0.5, 0.6) is 0 Å². The fourth-order valence-electron chi connectivity index (χ4n) is 3.93. The van der Waals surface area contributed by atoms with E-state index in [2.05, 4.69) is 22.5 Å². The first kappa shape index (κ1) is 18.2. The average Bonchev–Trinajstić information content (AvgIpc) is 3.20. The number of carbonyl (C=O) groups is 1. The quantitative estimate of drug-likeness (QED) is 0.840. The van der Waals surface area contributed by atoms with Crippen molar-refractivity contribution in [3.63, 3.8) is 0 Å². The molecular formula is C19H24N4O3S. The standard InChI is InChI=1S/C19H24N4O3S/c24-19(14-22-10-5-11-27(22,25)26)21-17-8-4-9-18-16(17)12-20-23(18)13-15-6-2-1-3-7-15/h1-3,6-7,12,17H,4-5,8-11,13-14H2,(H,21,24). The molecule has 144 valence electrons. The van der Waals surface area contributed by atoms with Crippen molar-refractivity contribution in [2.45, 2.75) is 38.3 Å². The Kier molecular flexibility index (Phi) is 5.01. The van der Waals surface area contributed by atoms with Crippen LogP contribution in [-0.2, 0) is 27.8 Å². The number of fused-ring (bicyclic) bond motifs is 1. The lowest BCUT2D eigenvalue weighted by atomic mass is 9.93. The lowest BCUT2D eigenvalue weighted by molar-refractivity contribution is -0.122. The number of hydrogen-bond acceptors (Lipinski definition) is 4. The van der Waals surface area contributed by atoms with Gasteiger partial charge in [0.05, 0.1) is 31.1 Å². The molecule has 1 unspecified atom stereocenters. The number of sulfonamides is 1. The van der Waals surface area contributed by atoms with Gasteiger partial charge < -0.3 is 5.32 Å². The molecule has 0 saturated carbocycles. The zero-order valence-electron chi connectivity index (χ0n) is 15.2. The van der Waals surface area contributed by atoms with Crippen molar-refractivity contribution in [1.82, 2.24) is 19.4 Å². The Labute approximate surface area is 159 Å². The molecule has 8 heteroatoms. The maximum atomic E-state index is 12.4. The third-order valence-electron chi connectivity index (χ3n) is 5.30. The van der Waals surface area contributed by atoms with Crippen molar-refractivity contribution >= 4 is 15.9 Å². The minimum Gasteiger partial charge on any atom is -0.348 e. The van der Waals surface area contributed by atoms with Crippen LogP contribution in [0.15, 0.2) is 36.5 Å². The van der Waals surface area contributed by atoms with Gasteiger partial charge in [0.1, 0.15) is 0 Å². The van der Waals surface area contributed by atoms with Gasteiger partial charge in [-0.25, -0.2) is 8.42 Å². The normalized spacial score (nSPS) is 21.7. The van der Waals surface area contributed by atoms with Crippen LogP contribution in [0.25, 0.3) is 0 Å². The van der Waals surface area contributed by atoms with Crippen molar-refractivity contribution in [3.05, 3.63) is 53.3 Å². The van der Waals surface area contributed by atoms with Crippen LogP contribution in [0.3, 0.4) is 0 Å². The first-order chi connectivity index (χ1) is 13.0. The van der Waals surface area contributed by atoms with Gasteiger partial charge in [0, 0.05) is 17.8 Å². The van der Waals surface area contributed by atoms with E-state index in [0.717, 1.165) is 30.5 Å². The number of aromatic nitrogens is 2. The first-order valence-corrected chi connectivity index (χ1v) is 11.0. The van der Waals surface area contributed by atoms with Gasteiger partial charge in [-0.05, 0) is 31.2 Å². The third kappa shape index (κ3) is 3.91. The maximum Gasteiger partial charge on any atom is 0.235 e. The van der Waals surface area contributed by atoms with E-state index in [0.29, 0.717) is 19.5 Å². The van der Waals surface area contributed by atoms with Crippen LogP contribution in [-0.4, -0.2) is 47.3 Å². The van der Waals surface area contributed by atoms with Crippen LogP contribution < -0.4 is 5.32 Å². The summed E-state index contributed by atoms with van der Waals surface area (Å²) in [6.07, 6.45) is 5.20. The summed E-state index contributed by atoms with van der Waals surface area (Å²) in [7, 11) is -3.26. The summed E-state index contributed by atoms with van der Waals surface area (Å²) in [6, 6.07) is 10.1. The molecule has 7 nitrogen and oxygen atoms in total. The summed E-state index contributed by atoms with van der Waals surface area (Å²) in [5, 5.41) is 7.55. The smallest absolute Gasteiger partial charge is 0.235 e. The van der Waals surface area contributed by atoms with E-state index < -0.39 is 10.0 Å². The fraction of sp³-hybridized carbons (Fsp3) is 0.474. The summed E-state index contributed by atoms with van der Waals surface area (Å²) < 4.78 is 27.1. The SMILES string of the molecule is O=C(CN1CCCS1(=O)=O)NC1CCCc2c1cnn2Cc1ccccc1. The molecule has 2 heterocycles. The maximum absolute atomic E-state index is 12.4. The van der Waals surface area contributed by atoms with E-state index in [1.807, 2.05) is 29.1 Å². The summed E-state index contributed by atoms with van der Waals surface area (Å²) >= 11 is 0. The second kappa shape index (κ2) is 7.44. The molecule has 0 spiro atoms. The van der Waals surface area contributed by atoms with E-state index in [1.165, 1.54) is 9.87 Å². The van der Waals surface area contributed by atoms with Crippen molar-refractivity contribution < 1.29 is 13.2 Å².